The molecule has 0 aliphatic heterocycles. The quantitative estimate of drug-likeness (QED) is 0.698. The molecule has 94 valence electrons. The minimum Gasteiger partial charge on any atom is -0.396 e. The number of fused-ring (bicyclic) bond motifs is 1. The molecule has 3 aromatic rings. The van der Waals surface area contributed by atoms with Gasteiger partial charge in [-0.25, -0.2) is 4.98 Å². The molecular formula is C14H11ClN4. The van der Waals surface area contributed by atoms with Crippen LogP contribution in [-0.2, 0) is 0 Å². The molecule has 3 N–H and O–H groups in total. The van der Waals surface area contributed by atoms with Crippen LogP contribution in [0.25, 0.3) is 10.9 Å². The second-order valence-corrected chi connectivity index (χ2v) is 4.49. The minimum absolute atomic E-state index is 0.402. The van der Waals surface area contributed by atoms with Gasteiger partial charge in [-0.15, -0.1) is 0 Å². The van der Waals surface area contributed by atoms with Crippen LogP contribution in [0.15, 0.2) is 48.7 Å². The summed E-state index contributed by atoms with van der Waals surface area (Å²) in [6, 6.07) is 13.1. The topological polar surface area (TPSA) is 63.8 Å². The van der Waals surface area contributed by atoms with Crippen molar-refractivity contribution in [1.29, 1.82) is 0 Å². The zero-order valence-electron chi connectivity index (χ0n) is 9.97. The van der Waals surface area contributed by atoms with E-state index in [1.807, 2.05) is 30.3 Å². The average molecular weight is 271 g/mol. The molecule has 0 unspecified atom stereocenters. The molecular weight excluding hydrogens is 260 g/mol. The minimum atomic E-state index is 0.402. The van der Waals surface area contributed by atoms with E-state index in [0.29, 0.717) is 16.7 Å². The summed E-state index contributed by atoms with van der Waals surface area (Å²) in [7, 11) is 0. The fraction of sp³-hybridized carbons (Fsp3) is 0. The Kier molecular flexibility index (Phi) is 2.93. The number of nitrogen functional groups attached to an aromatic ring is 1. The van der Waals surface area contributed by atoms with Crippen molar-refractivity contribution in [1.82, 2.24) is 9.97 Å². The average Bonchev–Trinajstić information content (AvgIpc) is 2.43. The Balaban J connectivity index is 1.98. The van der Waals surface area contributed by atoms with Crippen LogP contribution in [0.3, 0.4) is 0 Å². The number of rotatable bonds is 2. The Bertz CT molecular complexity index is 742. The second-order valence-electron chi connectivity index (χ2n) is 4.11. The number of anilines is 3. The lowest BCUT2D eigenvalue weighted by molar-refractivity contribution is 1.31. The molecule has 0 fully saturated rings. The molecule has 0 amide bonds. The second kappa shape index (κ2) is 4.74. The van der Waals surface area contributed by atoms with Crippen molar-refractivity contribution in [3.63, 3.8) is 0 Å². The molecule has 0 saturated carbocycles. The molecule has 0 bridgehead atoms. The number of nitrogens with zero attached hydrogens (tertiary/aromatic N) is 2. The number of hydrogen-bond donors (Lipinski definition) is 2. The van der Waals surface area contributed by atoms with Crippen molar-refractivity contribution < 1.29 is 0 Å². The van der Waals surface area contributed by atoms with E-state index in [-0.39, 0.29) is 0 Å². The lowest BCUT2D eigenvalue weighted by Gasteiger charge is -2.09. The summed E-state index contributed by atoms with van der Waals surface area (Å²) in [6.07, 6.45) is 1.77. The third-order valence-electron chi connectivity index (χ3n) is 2.76. The van der Waals surface area contributed by atoms with Gasteiger partial charge in [-0.3, -0.25) is 4.98 Å². The van der Waals surface area contributed by atoms with E-state index < -0.39 is 0 Å². The van der Waals surface area contributed by atoms with Crippen LogP contribution in [0, 0.1) is 0 Å². The molecule has 4 nitrogen and oxygen atoms in total. The number of pyridine rings is 2. The molecule has 0 spiro atoms. The molecule has 2 aromatic heterocycles. The van der Waals surface area contributed by atoms with Gasteiger partial charge < -0.3 is 11.1 Å². The fourth-order valence-electron chi connectivity index (χ4n) is 1.84. The number of nitrogens with one attached hydrogen (secondary N) is 1. The predicted molar refractivity (Wildman–Crippen MR) is 78.7 cm³/mol. The van der Waals surface area contributed by atoms with Gasteiger partial charge in [0.25, 0.3) is 0 Å². The van der Waals surface area contributed by atoms with Gasteiger partial charge in [0.05, 0.1) is 11.2 Å². The van der Waals surface area contributed by atoms with Crippen LogP contribution in [-0.4, -0.2) is 9.97 Å². The van der Waals surface area contributed by atoms with Crippen molar-refractivity contribution in [2.24, 2.45) is 0 Å². The summed E-state index contributed by atoms with van der Waals surface area (Å²) in [5, 5.41) is 4.61. The highest BCUT2D eigenvalue weighted by Gasteiger charge is 2.03. The first kappa shape index (κ1) is 11.7. The molecule has 0 aliphatic rings. The molecule has 0 saturated heterocycles. The maximum absolute atomic E-state index is 5.86. The number of hydrogen-bond acceptors (Lipinski definition) is 4. The summed E-state index contributed by atoms with van der Waals surface area (Å²) in [6.45, 7) is 0. The van der Waals surface area contributed by atoms with Crippen molar-refractivity contribution in [3.8, 4) is 0 Å². The molecule has 19 heavy (non-hydrogen) atoms. The Labute approximate surface area is 115 Å². The van der Waals surface area contributed by atoms with Crippen LogP contribution in [0.5, 0.6) is 0 Å². The lowest BCUT2D eigenvalue weighted by Crippen LogP contribution is -1.99. The SMILES string of the molecule is Nc1ccc(Cl)nc1Nc1ccc2ncccc2c1. The summed E-state index contributed by atoms with van der Waals surface area (Å²) in [4.78, 5) is 8.43. The summed E-state index contributed by atoms with van der Waals surface area (Å²) >= 11 is 5.86. The highest BCUT2D eigenvalue weighted by atomic mass is 35.5. The highest BCUT2D eigenvalue weighted by Crippen LogP contribution is 2.24. The van der Waals surface area contributed by atoms with E-state index in [4.69, 9.17) is 17.3 Å². The lowest BCUT2D eigenvalue weighted by atomic mass is 10.2. The molecule has 3 rings (SSSR count). The van der Waals surface area contributed by atoms with Gasteiger partial charge in [-0.2, -0.15) is 0 Å². The van der Waals surface area contributed by atoms with Gasteiger partial charge in [0.2, 0.25) is 0 Å². The van der Waals surface area contributed by atoms with Gasteiger partial charge in [0.15, 0.2) is 5.82 Å². The number of aromatic nitrogens is 2. The van der Waals surface area contributed by atoms with Crippen LogP contribution in [0.2, 0.25) is 5.15 Å². The summed E-state index contributed by atoms with van der Waals surface area (Å²) in [5.74, 6) is 0.552. The van der Waals surface area contributed by atoms with Gasteiger partial charge >= 0.3 is 0 Å². The molecule has 1 aromatic carbocycles. The van der Waals surface area contributed by atoms with Gasteiger partial charge in [-0.1, -0.05) is 17.7 Å². The van der Waals surface area contributed by atoms with Crippen molar-refractivity contribution >= 4 is 39.7 Å². The first-order valence-electron chi connectivity index (χ1n) is 5.76. The Hall–Kier alpha value is -2.33. The Morgan fingerprint density at radius 2 is 2.00 bits per heavy atom. The van der Waals surface area contributed by atoms with E-state index >= 15 is 0 Å². The van der Waals surface area contributed by atoms with E-state index in [0.717, 1.165) is 16.6 Å². The third kappa shape index (κ3) is 2.44. The molecule has 0 aliphatic carbocycles. The zero-order chi connectivity index (χ0) is 13.2. The monoisotopic (exact) mass is 270 g/mol. The maximum Gasteiger partial charge on any atom is 0.155 e. The van der Waals surface area contributed by atoms with Gasteiger partial charge in [0.1, 0.15) is 5.15 Å². The highest BCUT2D eigenvalue weighted by molar-refractivity contribution is 6.29. The maximum atomic E-state index is 5.86. The first-order valence-corrected chi connectivity index (χ1v) is 6.14. The van der Waals surface area contributed by atoms with Crippen molar-refractivity contribution in [3.05, 3.63) is 53.8 Å². The molecule has 0 atom stereocenters. The summed E-state index contributed by atoms with van der Waals surface area (Å²) in [5.41, 5.74) is 8.24. The smallest absolute Gasteiger partial charge is 0.155 e. The van der Waals surface area contributed by atoms with Crippen LogP contribution in [0.1, 0.15) is 0 Å². The predicted octanol–water partition coefficient (Wildman–Crippen LogP) is 3.61. The molecule has 5 heteroatoms. The normalized spacial score (nSPS) is 10.6. The van der Waals surface area contributed by atoms with Crippen LogP contribution >= 0.6 is 11.6 Å². The van der Waals surface area contributed by atoms with Gasteiger partial charge in [0, 0.05) is 17.3 Å². The van der Waals surface area contributed by atoms with E-state index in [2.05, 4.69) is 15.3 Å². The van der Waals surface area contributed by atoms with Crippen molar-refractivity contribution in [2.75, 3.05) is 11.1 Å². The Morgan fingerprint density at radius 3 is 2.89 bits per heavy atom. The number of nitrogens with two attached hydrogens (primary N) is 1. The van der Waals surface area contributed by atoms with Gasteiger partial charge in [-0.05, 0) is 36.4 Å². The van der Waals surface area contributed by atoms with Crippen LogP contribution in [0.4, 0.5) is 17.2 Å². The number of benzene rings is 1. The Morgan fingerprint density at radius 1 is 1.11 bits per heavy atom. The largest absolute Gasteiger partial charge is 0.396 e. The standard InChI is InChI=1S/C14H11ClN4/c15-13-6-4-11(16)14(19-13)18-10-3-5-12-9(8-10)2-1-7-17-12/h1-8H,16H2,(H,18,19). The zero-order valence-corrected chi connectivity index (χ0v) is 10.7. The van der Waals surface area contributed by atoms with E-state index in [1.54, 1.807) is 18.3 Å². The fourth-order valence-corrected chi connectivity index (χ4v) is 1.98. The number of halogens is 1. The molecule has 2 heterocycles. The third-order valence-corrected chi connectivity index (χ3v) is 2.97. The van der Waals surface area contributed by atoms with Crippen LogP contribution < -0.4 is 11.1 Å². The molecule has 0 radical (unpaired) electrons. The van der Waals surface area contributed by atoms with E-state index in [1.165, 1.54) is 0 Å². The summed E-state index contributed by atoms with van der Waals surface area (Å²) < 4.78 is 0. The van der Waals surface area contributed by atoms with Crippen molar-refractivity contribution in [2.45, 2.75) is 0 Å². The first-order chi connectivity index (χ1) is 9.22. The van der Waals surface area contributed by atoms with E-state index in [9.17, 15) is 0 Å².